The Hall–Kier alpha value is -3.33. The molecule has 0 amide bonds. The van der Waals surface area contributed by atoms with Gasteiger partial charge in [0.1, 0.15) is 0 Å². The second kappa shape index (κ2) is 9.56. The van der Waals surface area contributed by atoms with Crippen LogP contribution < -0.4 is 33.9 Å². The Kier molecular flexibility index (Phi) is 7.16. The molecule has 0 atom stereocenters. The van der Waals surface area contributed by atoms with Crippen LogP contribution in [0.2, 0.25) is 0 Å². The highest BCUT2D eigenvalue weighted by Gasteiger charge is 2.17. The lowest BCUT2D eigenvalue weighted by atomic mass is 10.1. The van der Waals surface area contributed by atoms with E-state index in [1.165, 1.54) is 42.7 Å². The molecule has 0 heterocycles. The molecule has 0 unspecified atom stereocenters. The molecule has 0 aliphatic carbocycles. The molecule has 0 aromatic heterocycles. The van der Waals surface area contributed by atoms with Gasteiger partial charge in [-0.25, -0.2) is 4.99 Å². The van der Waals surface area contributed by atoms with Crippen LogP contribution in [-0.4, -0.2) is 53.7 Å². The van der Waals surface area contributed by atoms with E-state index in [1.807, 2.05) is 0 Å². The summed E-state index contributed by atoms with van der Waals surface area (Å²) in [7, 11) is 9.05. The molecule has 0 fully saturated rings. The van der Waals surface area contributed by atoms with Crippen LogP contribution in [0.1, 0.15) is 5.56 Å². The van der Waals surface area contributed by atoms with Crippen LogP contribution in [0.25, 0.3) is 0 Å². The minimum absolute atomic E-state index is 0.147. The Labute approximate surface area is 163 Å². The lowest BCUT2D eigenvalue weighted by Crippen LogP contribution is -2.20. The van der Waals surface area contributed by atoms with Crippen molar-refractivity contribution in [1.29, 1.82) is 0 Å². The number of hydrogen-bond acceptors (Lipinski definition) is 8. The van der Waals surface area contributed by atoms with Crippen molar-refractivity contribution in [3.8, 4) is 34.5 Å². The van der Waals surface area contributed by atoms with E-state index in [1.54, 1.807) is 24.3 Å². The van der Waals surface area contributed by atoms with E-state index < -0.39 is 0 Å². The summed E-state index contributed by atoms with van der Waals surface area (Å²) in [6.45, 7) is 0. The number of methoxy groups -OCH3 is 6. The van der Waals surface area contributed by atoms with E-state index in [-0.39, 0.29) is 5.84 Å². The topological polar surface area (TPSA) is 100 Å². The van der Waals surface area contributed by atoms with Gasteiger partial charge in [0.2, 0.25) is 11.5 Å². The molecular formula is C19H24N2O7. The number of aliphatic imine (C=N–C) groups is 1. The maximum atomic E-state index is 9.67. The van der Waals surface area contributed by atoms with Gasteiger partial charge in [-0.3, -0.25) is 10.7 Å². The molecule has 0 saturated heterocycles. The fraction of sp³-hybridized carbons (Fsp3) is 0.316. The number of ether oxygens (including phenoxy) is 6. The average molecular weight is 392 g/mol. The molecule has 2 rings (SSSR count). The molecule has 9 nitrogen and oxygen atoms in total. The predicted octanol–water partition coefficient (Wildman–Crippen LogP) is 2.80. The van der Waals surface area contributed by atoms with E-state index in [0.29, 0.717) is 45.7 Å². The van der Waals surface area contributed by atoms with Crippen LogP contribution in [0.4, 0.5) is 5.69 Å². The smallest absolute Gasteiger partial charge is 0.203 e. The van der Waals surface area contributed by atoms with E-state index in [0.717, 1.165) is 0 Å². The van der Waals surface area contributed by atoms with Crippen molar-refractivity contribution in [2.75, 3.05) is 42.7 Å². The van der Waals surface area contributed by atoms with Crippen LogP contribution in [0.3, 0.4) is 0 Å². The summed E-state index contributed by atoms with van der Waals surface area (Å²) in [5, 5.41) is 9.67. The highest BCUT2D eigenvalue weighted by atomic mass is 16.5. The first-order valence-corrected chi connectivity index (χ1v) is 8.15. The highest BCUT2D eigenvalue weighted by molar-refractivity contribution is 6.00. The Bertz CT molecular complexity index is 802. The van der Waals surface area contributed by atoms with Crippen molar-refractivity contribution >= 4 is 11.5 Å². The fourth-order valence-electron chi connectivity index (χ4n) is 2.63. The number of nitrogens with one attached hydrogen (secondary N) is 1. The normalized spacial score (nSPS) is 10.9. The third-order valence-corrected chi connectivity index (χ3v) is 3.93. The molecule has 2 N–H and O–H groups in total. The Morgan fingerprint density at radius 2 is 1.07 bits per heavy atom. The number of nitrogens with zero attached hydrogens (tertiary/aromatic N) is 1. The monoisotopic (exact) mass is 392 g/mol. The SMILES string of the molecule is COc1cc(N=C(NO)c2cc(OC)c(OC)c(OC)c2)cc(OC)c1OC. The molecule has 2 aromatic carbocycles. The van der Waals surface area contributed by atoms with Crippen LogP contribution in [0.15, 0.2) is 29.3 Å². The van der Waals surface area contributed by atoms with Gasteiger partial charge in [0.05, 0.1) is 48.3 Å². The zero-order valence-electron chi connectivity index (χ0n) is 16.7. The summed E-state index contributed by atoms with van der Waals surface area (Å²) in [6, 6.07) is 6.61. The van der Waals surface area contributed by atoms with E-state index in [9.17, 15) is 5.21 Å². The number of hydrogen-bond donors (Lipinski definition) is 2. The van der Waals surface area contributed by atoms with Gasteiger partial charge in [-0.2, -0.15) is 0 Å². The molecule has 152 valence electrons. The summed E-state index contributed by atoms with van der Waals surface area (Å²) >= 11 is 0. The zero-order chi connectivity index (χ0) is 20.7. The third kappa shape index (κ3) is 4.15. The van der Waals surface area contributed by atoms with Crippen molar-refractivity contribution in [3.63, 3.8) is 0 Å². The van der Waals surface area contributed by atoms with E-state index in [2.05, 4.69) is 10.5 Å². The molecule has 0 saturated carbocycles. The maximum absolute atomic E-state index is 9.67. The van der Waals surface area contributed by atoms with Gasteiger partial charge in [-0.1, -0.05) is 0 Å². The Morgan fingerprint density at radius 1 is 0.679 bits per heavy atom. The largest absolute Gasteiger partial charge is 0.493 e. The van der Waals surface area contributed by atoms with Gasteiger partial charge in [-0.15, -0.1) is 0 Å². The Morgan fingerprint density at radius 3 is 1.39 bits per heavy atom. The molecule has 28 heavy (non-hydrogen) atoms. The van der Waals surface area contributed by atoms with Gasteiger partial charge < -0.3 is 28.4 Å². The van der Waals surface area contributed by atoms with Crippen molar-refractivity contribution in [2.45, 2.75) is 0 Å². The van der Waals surface area contributed by atoms with Crippen LogP contribution in [0.5, 0.6) is 34.5 Å². The standard InChI is InChI=1S/C19H24N2O7/c1-23-13-7-11(8-14(24-2)17(13)27-5)19(21-22)20-12-9-15(25-3)18(28-6)16(10-12)26-4/h7-10,22H,1-6H3,(H,20,21). The minimum Gasteiger partial charge on any atom is -0.493 e. The predicted molar refractivity (Wildman–Crippen MR) is 103 cm³/mol. The summed E-state index contributed by atoms with van der Waals surface area (Å²) in [6.07, 6.45) is 0. The van der Waals surface area contributed by atoms with Crippen molar-refractivity contribution in [2.24, 2.45) is 4.99 Å². The van der Waals surface area contributed by atoms with Gasteiger partial charge in [0.25, 0.3) is 0 Å². The van der Waals surface area contributed by atoms with E-state index >= 15 is 0 Å². The molecule has 9 heteroatoms. The first-order chi connectivity index (χ1) is 13.6. The molecule has 0 spiro atoms. The molecule has 0 radical (unpaired) electrons. The minimum atomic E-state index is 0.147. The lowest BCUT2D eigenvalue weighted by molar-refractivity contribution is 0.235. The molecule has 0 aliphatic heterocycles. The van der Waals surface area contributed by atoms with Crippen LogP contribution in [0, 0.1) is 0 Å². The molecular weight excluding hydrogens is 368 g/mol. The summed E-state index contributed by atoms with van der Waals surface area (Å²) in [4.78, 5) is 4.43. The quantitative estimate of drug-likeness (QED) is 0.402. The zero-order valence-corrected chi connectivity index (χ0v) is 16.7. The first kappa shape index (κ1) is 21.0. The van der Waals surface area contributed by atoms with Crippen molar-refractivity contribution in [1.82, 2.24) is 5.48 Å². The summed E-state index contributed by atoms with van der Waals surface area (Å²) in [5.74, 6) is 2.72. The van der Waals surface area contributed by atoms with Gasteiger partial charge in [0.15, 0.2) is 28.8 Å². The summed E-state index contributed by atoms with van der Waals surface area (Å²) < 4.78 is 32.0. The maximum Gasteiger partial charge on any atom is 0.203 e. The molecule has 2 aromatic rings. The average Bonchev–Trinajstić information content (AvgIpc) is 2.75. The molecule has 0 bridgehead atoms. The van der Waals surface area contributed by atoms with E-state index in [4.69, 9.17) is 28.4 Å². The highest BCUT2D eigenvalue weighted by Crippen LogP contribution is 2.41. The molecule has 0 aliphatic rings. The van der Waals surface area contributed by atoms with Crippen molar-refractivity contribution in [3.05, 3.63) is 29.8 Å². The number of benzene rings is 2. The fourth-order valence-corrected chi connectivity index (χ4v) is 2.63. The third-order valence-electron chi connectivity index (χ3n) is 3.93. The lowest BCUT2D eigenvalue weighted by Gasteiger charge is -2.15. The van der Waals surface area contributed by atoms with Gasteiger partial charge in [-0.05, 0) is 12.1 Å². The van der Waals surface area contributed by atoms with Crippen LogP contribution in [-0.2, 0) is 0 Å². The first-order valence-electron chi connectivity index (χ1n) is 8.15. The Balaban J connectivity index is 2.61. The van der Waals surface area contributed by atoms with Gasteiger partial charge >= 0.3 is 0 Å². The van der Waals surface area contributed by atoms with Crippen LogP contribution >= 0.6 is 0 Å². The number of rotatable bonds is 8. The number of amidine groups is 1. The second-order valence-electron chi connectivity index (χ2n) is 5.37. The second-order valence-corrected chi connectivity index (χ2v) is 5.37. The van der Waals surface area contributed by atoms with Crippen molar-refractivity contribution < 1.29 is 33.6 Å². The summed E-state index contributed by atoms with van der Waals surface area (Å²) in [5.41, 5.74) is 3.06. The van der Waals surface area contributed by atoms with Gasteiger partial charge in [0, 0.05) is 17.7 Å². The number of hydroxylamine groups is 1.